The number of nitrogens with zero attached hydrogens (tertiary/aromatic N) is 1. The third kappa shape index (κ3) is 4.02. The molecule has 2 aromatic carbocycles. The number of anilines is 1. The van der Waals surface area contributed by atoms with Gasteiger partial charge in [-0.05, 0) is 31.5 Å². The van der Waals surface area contributed by atoms with Gasteiger partial charge in [-0.2, -0.15) is 0 Å². The average Bonchev–Trinajstić information content (AvgIpc) is 2.56. The lowest BCUT2D eigenvalue weighted by Crippen LogP contribution is -2.49. The lowest BCUT2D eigenvalue weighted by Gasteiger charge is -2.39. The van der Waals surface area contributed by atoms with Crippen molar-refractivity contribution in [1.29, 1.82) is 0 Å². The van der Waals surface area contributed by atoms with Crippen molar-refractivity contribution in [3.05, 3.63) is 66.2 Å². The molecule has 0 aliphatic carbocycles. The Hall–Kier alpha value is -2.17. The molecule has 4 heteroatoms. The Labute approximate surface area is 143 Å². The number of hydrogen-bond donors (Lipinski definition) is 1. The zero-order valence-corrected chi connectivity index (χ0v) is 14.2. The lowest BCUT2D eigenvalue weighted by molar-refractivity contribution is -0.128. The zero-order chi connectivity index (χ0) is 16.9. The highest BCUT2D eigenvalue weighted by Gasteiger charge is 2.33. The highest BCUT2D eigenvalue weighted by molar-refractivity contribution is 5.95. The third-order valence-corrected chi connectivity index (χ3v) is 4.22. The fourth-order valence-corrected chi connectivity index (χ4v) is 3.32. The molecule has 1 amide bonds. The number of amides is 1. The van der Waals surface area contributed by atoms with Gasteiger partial charge in [0.05, 0.1) is 12.2 Å². The normalized spacial score (nSPS) is 22.8. The summed E-state index contributed by atoms with van der Waals surface area (Å²) in [5, 5.41) is 3.05. The van der Waals surface area contributed by atoms with Crippen LogP contribution in [0, 0.1) is 0 Å². The van der Waals surface area contributed by atoms with Crippen molar-refractivity contribution >= 4 is 11.6 Å². The molecular weight excluding hydrogens is 300 g/mol. The number of para-hydroxylation sites is 1. The summed E-state index contributed by atoms with van der Waals surface area (Å²) >= 11 is 0. The van der Waals surface area contributed by atoms with Gasteiger partial charge in [-0.3, -0.25) is 9.69 Å². The average molecular weight is 324 g/mol. The predicted octanol–water partition coefficient (Wildman–Crippen LogP) is 3.48. The summed E-state index contributed by atoms with van der Waals surface area (Å²) in [6, 6.07) is 19.2. The third-order valence-electron chi connectivity index (χ3n) is 4.22. The van der Waals surface area contributed by atoms with E-state index in [1.54, 1.807) is 0 Å². The van der Waals surface area contributed by atoms with Gasteiger partial charge in [0.25, 0.3) is 0 Å². The molecule has 1 saturated heterocycles. The Bertz CT molecular complexity index is 650. The summed E-state index contributed by atoms with van der Waals surface area (Å²) in [5.41, 5.74) is 1.82. The van der Waals surface area contributed by atoms with Crippen LogP contribution in [0.1, 0.15) is 25.5 Å². The van der Waals surface area contributed by atoms with Crippen LogP contribution in [0.5, 0.6) is 0 Å². The Morgan fingerprint density at radius 2 is 1.54 bits per heavy atom. The molecule has 1 N–H and O–H groups in total. The van der Waals surface area contributed by atoms with E-state index in [0.717, 1.165) is 24.3 Å². The largest absolute Gasteiger partial charge is 0.373 e. The van der Waals surface area contributed by atoms with Crippen molar-refractivity contribution in [2.75, 3.05) is 18.4 Å². The van der Waals surface area contributed by atoms with E-state index in [-0.39, 0.29) is 24.2 Å². The second-order valence-corrected chi connectivity index (χ2v) is 6.38. The van der Waals surface area contributed by atoms with E-state index < -0.39 is 0 Å². The number of benzene rings is 2. The van der Waals surface area contributed by atoms with Crippen LogP contribution in [-0.4, -0.2) is 36.1 Å². The van der Waals surface area contributed by atoms with Crippen LogP contribution in [0.3, 0.4) is 0 Å². The minimum atomic E-state index is -0.319. The van der Waals surface area contributed by atoms with Crippen molar-refractivity contribution in [2.24, 2.45) is 0 Å². The molecule has 4 nitrogen and oxygen atoms in total. The summed E-state index contributed by atoms with van der Waals surface area (Å²) in [6.07, 6.45) is 0.231. The molecule has 126 valence electrons. The lowest BCUT2D eigenvalue weighted by atomic mass is 10.0. The van der Waals surface area contributed by atoms with Gasteiger partial charge in [-0.1, -0.05) is 48.5 Å². The van der Waals surface area contributed by atoms with Crippen molar-refractivity contribution in [2.45, 2.75) is 32.1 Å². The number of carbonyl (C=O) groups excluding carboxylic acids is 1. The minimum absolute atomic E-state index is 0.00583. The quantitative estimate of drug-likeness (QED) is 0.936. The first kappa shape index (κ1) is 16.7. The van der Waals surface area contributed by atoms with Gasteiger partial charge in [-0.25, -0.2) is 0 Å². The van der Waals surface area contributed by atoms with Gasteiger partial charge >= 0.3 is 0 Å². The van der Waals surface area contributed by atoms with Crippen molar-refractivity contribution in [3.63, 3.8) is 0 Å². The SMILES string of the molecule is CC1CN(C(C(=O)Nc2ccccc2)c2ccccc2)CC(C)O1. The monoisotopic (exact) mass is 324 g/mol. The zero-order valence-electron chi connectivity index (χ0n) is 14.2. The minimum Gasteiger partial charge on any atom is -0.373 e. The van der Waals surface area contributed by atoms with Crippen LogP contribution in [-0.2, 0) is 9.53 Å². The second kappa shape index (κ2) is 7.60. The molecule has 1 heterocycles. The number of hydrogen-bond acceptors (Lipinski definition) is 3. The first-order chi connectivity index (χ1) is 11.6. The Balaban J connectivity index is 1.86. The second-order valence-electron chi connectivity index (χ2n) is 6.38. The molecule has 1 fully saturated rings. The molecule has 3 rings (SSSR count). The molecule has 24 heavy (non-hydrogen) atoms. The standard InChI is InChI=1S/C20H24N2O2/c1-15-13-22(14-16(2)24-15)19(17-9-5-3-6-10-17)20(23)21-18-11-7-4-8-12-18/h3-12,15-16,19H,13-14H2,1-2H3,(H,21,23). The Morgan fingerprint density at radius 3 is 2.12 bits per heavy atom. The Kier molecular flexibility index (Phi) is 5.28. The number of ether oxygens (including phenoxy) is 1. The van der Waals surface area contributed by atoms with Crippen LogP contribution in [0.15, 0.2) is 60.7 Å². The predicted molar refractivity (Wildman–Crippen MR) is 95.8 cm³/mol. The molecule has 0 bridgehead atoms. The molecule has 3 unspecified atom stereocenters. The van der Waals surface area contributed by atoms with Crippen LogP contribution < -0.4 is 5.32 Å². The van der Waals surface area contributed by atoms with Gasteiger partial charge in [0.15, 0.2) is 0 Å². The van der Waals surface area contributed by atoms with Gasteiger partial charge in [0.2, 0.25) is 5.91 Å². The van der Waals surface area contributed by atoms with Crippen molar-refractivity contribution in [3.8, 4) is 0 Å². The smallest absolute Gasteiger partial charge is 0.246 e. The van der Waals surface area contributed by atoms with E-state index in [1.807, 2.05) is 60.7 Å². The van der Waals surface area contributed by atoms with E-state index in [9.17, 15) is 4.79 Å². The van der Waals surface area contributed by atoms with Crippen LogP contribution in [0.2, 0.25) is 0 Å². The molecule has 0 aromatic heterocycles. The summed E-state index contributed by atoms with van der Waals surface area (Å²) < 4.78 is 5.83. The van der Waals surface area contributed by atoms with E-state index in [4.69, 9.17) is 4.74 Å². The van der Waals surface area contributed by atoms with Gasteiger partial charge < -0.3 is 10.1 Å². The highest BCUT2D eigenvalue weighted by atomic mass is 16.5. The highest BCUT2D eigenvalue weighted by Crippen LogP contribution is 2.26. The molecule has 2 aromatic rings. The molecule has 1 aliphatic rings. The number of rotatable bonds is 4. The maximum absolute atomic E-state index is 13.0. The number of nitrogens with one attached hydrogen (secondary N) is 1. The maximum atomic E-state index is 13.0. The Morgan fingerprint density at radius 1 is 1.00 bits per heavy atom. The fourth-order valence-electron chi connectivity index (χ4n) is 3.32. The number of morpholine rings is 1. The number of carbonyl (C=O) groups is 1. The van der Waals surface area contributed by atoms with Crippen molar-refractivity contribution < 1.29 is 9.53 Å². The van der Waals surface area contributed by atoms with Crippen molar-refractivity contribution in [1.82, 2.24) is 4.90 Å². The molecule has 3 atom stereocenters. The van der Waals surface area contributed by atoms with Gasteiger partial charge in [-0.15, -0.1) is 0 Å². The molecule has 0 saturated carbocycles. The van der Waals surface area contributed by atoms with Crippen LogP contribution in [0.25, 0.3) is 0 Å². The van der Waals surface area contributed by atoms with Gasteiger partial charge in [0.1, 0.15) is 6.04 Å². The van der Waals surface area contributed by atoms with Crippen LogP contribution >= 0.6 is 0 Å². The summed E-state index contributed by atoms with van der Waals surface area (Å²) in [4.78, 5) is 15.2. The van der Waals surface area contributed by atoms with E-state index in [2.05, 4.69) is 24.1 Å². The van der Waals surface area contributed by atoms with E-state index >= 15 is 0 Å². The fraction of sp³-hybridized carbons (Fsp3) is 0.350. The molecule has 1 aliphatic heterocycles. The molecule has 0 radical (unpaired) electrons. The van der Waals surface area contributed by atoms with Gasteiger partial charge in [0, 0.05) is 18.8 Å². The van der Waals surface area contributed by atoms with E-state index in [0.29, 0.717) is 0 Å². The van der Waals surface area contributed by atoms with E-state index in [1.165, 1.54) is 0 Å². The first-order valence-electron chi connectivity index (χ1n) is 8.44. The topological polar surface area (TPSA) is 41.6 Å². The summed E-state index contributed by atoms with van der Waals surface area (Å²) in [6.45, 7) is 5.60. The summed E-state index contributed by atoms with van der Waals surface area (Å²) in [7, 11) is 0. The maximum Gasteiger partial charge on any atom is 0.246 e. The summed E-state index contributed by atoms with van der Waals surface area (Å²) in [5.74, 6) is -0.00583. The molecular formula is C20H24N2O2. The molecule has 0 spiro atoms. The van der Waals surface area contributed by atoms with Crippen LogP contribution in [0.4, 0.5) is 5.69 Å². The first-order valence-corrected chi connectivity index (χ1v) is 8.44.